The molecule has 0 saturated heterocycles. The molecule has 8 heteroatoms. The predicted octanol–water partition coefficient (Wildman–Crippen LogP) is 4.30. The summed E-state index contributed by atoms with van der Waals surface area (Å²) in [6, 6.07) is 15.4. The van der Waals surface area contributed by atoms with Gasteiger partial charge >= 0.3 is 11.8 Å². The van der Waals surface area contributed by atoms with Gasteiger partial charge in [-0.3, -0.25) is 14.5 Å². The smallest absolute Gasteiger partial charge is 0.312 e. The molecule has 0 radical (unpaired) electrons. The Labute approximate surface area is 178 Å². The molecule has 1 heterocycles. The summed E-state index contributed by atoms with van der Waals surface area (Å²) in [5, 5.41) is 1.92. The number of nitrogens with zero attached hydrogens (tertiary/aromatic N) is 2. The van der Waals surface area contributed by atoms with Gasteiger partial charge in [0.15, 0.2) is 0 Å². The molecule has 162 valence electrons. The van der Waals surface area contributed by atoms with Crippen molar-refractivity contribution in [3.05, 3.63) is 71.8 Å². The number of rotatable bonds is 4. The van der Waals surface area contributed by atoms with Gasteiger partial charge in [-0.15, -0.1) is 0 Å². The summed E-state index contributed by atoms with van der Waals surface area (Å²) in [6.45, 7) is 0. The van der Waals surface area contributed by atoms with Crippen LogP contribution in [0.5, 0.6) is 0 Å². The van der Waals surface area contributed by atoms with Crippen LogP contribution >= 0.6 is 0 Å². The normalized spacial score (nSPS) is 22.4. The van der Waals surface area contributed by atoms with Gasteiger partial charge in [-0.2, -0.15) is 13.2 Å². The third-order valence-corrected chi connectivity index (χ3v) is 5.74. The van der Waals surface area contributed by atoms with E-state index < -0.39 is 29.7 Å². The molecule has 1 aliphatic heterocycles. The average molecular weight is 429 g/mol. The van der Waals surface area contributed by atoms with Crippen molar-refractivity contribution >= 4 is 17.6 Å². The predicted molar refractivity (Wildman–Crippen MR) is 109 cm³/mol. The molecule has 2 aromatic carbocycles. The molecule has 1 aliphatic carbocycles. The molecule has 31 heavy (non-hydrogen) atoms. The van der Waals surface area contributed by atoms with E-state index in [1.807, 2.05) is 5.32 Å². The first-order chi connectivity index (χ1) is 14.8. The van der Waals surface area contributed by atoms with Crippen LogP contribution < -0.4 is 5.32 Å². The van der Waals surface area contributed by atoms with E-state index in [1.165, 1.54) is 12.1 Å². The van der Waals surface area contributed by atoms with Crippen molar-refractivity contribution in [2.24, 2.45) is 4.99 Å². The van der Waals surface area contributed by atoms with Crippen LogP contribution in [0.3, 0.4) is 0 Å². The highest BCUT2D eigenvalue weighted by molar-refractivity contribution is 6.17. The second-order valence-electron chi connectivity index (χ2n) is 7.80. The Balaban J connectivity index is 1.81. The Kier molecular flexibility index (Phi) is 5.56. The monoisotopic (exact) mass is 429 g/mol. The largest absolute Gasteiger partial charge is 0.442 e. The number of amidine groups is 1. The first-order valence-corrected chi connectivity index (χ1v) is 10.3. The van der Waals surface area contributed by atoms with Crippen LogP contribution in [0, 0.1) is 0 Å². The zero-order valence-corrected chi connectivity index (χ0v) is 16.7. The van der Waals surface area contributed by atoms with Gasteiger partial charge in [0.25, 0.3) is 11.8 Å². The number of halogens is 3. The summed E-state index contributed by atoms with van der Waals surface area (Å²) in [4.78, 5) is 31.1. The summed E-state index contributed by atoms with van der Waals surface area (Å²) in [5.74, 6) is -2.31. The van der Waals surface area contributed by atoms with E-state index in [9.17, 15) is 22.8 Å². The Morgan fingerprint density at radius 1 is 0.968 bits per heavy atom. The van der Waals surface area contributed by atoms with Crippen LogP contribution in [0.15, 0.2) is 65.7 Å². The van der Waals surface area contributed by atoms with Gasteiger partial charge in [-0.1, -0.05) is 67.8 Å². The van der Waals surface area contributed by atoms with Crippen LogP contribution in [0.1, 0.15) is 48.0 Å². The number of carbonyl (C=O) groups is 2. The molecule has 1 saturated carbocycles. The minimum Gasteiger partial charge on any atom is -0.312 e. The maximum Gasteiger partial charge on any atom is 0.442 e. The van der Waals surface area contributed by atoms with E-state index in [2.05, 4.69) is 4.99 Å². The van der Waals surface area contributed by atoms with E-state index in [-0.39, 0.29) is 11.4 Å². The molecular formula is C23H22F3N3O2. The lowest BCUT2D eigenvalue weighted by molar-refractivity contribution is -0.197. The Hall–Kier alpha value is -3.16. The van der Waals surface area contributed by atoms with Gasteiger partial charge in [-0.25, -0.2) is 4.99 Å². The molecule has 0 aromatic heterocycles. The lowest BCUT2D eigenvalue weighted by Gasteiger charge is -2.34. The lowest BCUT2D eigenvalue weighted by Crippen LogP contribution is -2.64. The van der Waals surface area contributed by atoms with Crippen LogP contribution in [0.25, 0.3) is 0 Å². The SMILES string of the molecule is O=C(NC1(C(F)(F)F)N=C(c2ccccc2)N(C2CCCCC2)C1=O)c1ccccc1. The molecule has 0 spiro atoms. The van der Waals surface area contributed by atoms with Crippen LogP contribution in [0.4, 0.5) is 13.2 Å². The van der Waals surface area contributed by atoms with Crippen molar-refractivity contribution in [2.75, 3.05) is 0 Å². The molecular weight excluding hydrogens is 407 g/mol. The average Bonchev–Trinajstić information content (AvgIpc) is 3.09. The van der Waals surface area contributed by atoms with Crippen molar-refractivity contribution in [2.45, 2.75) is 50.0 Å². The third-order valence-electron chi connectivity index (χ3n) is 5.74. The van der Waals surface area contributed by atoms with Crippen LogP contribution in [0.2, 0.25) is 0 Å². The summed E-state index contributed by atoms with van der Waals surface area (Å²) < 4.78 is 43.2. The third kappa shape index (κ3) is 3.82. The fourth-order valence-electron chi connectivity index (χ4n) is 4.16. The van der Waals surface area contributed by atoms with Gasteiger partial charge < -0.3 is 5.32 Å². The zero-order valence-electron chi connectivity index (χ0n) is 16.7. The van der Waals surface area contributed by atoms with E-state index >= 15 is 0 Å². The van der Waals surface area contributed by atoms with Crippen molar-refractivity contribution < 1.29 is 22.8 Å². The number of nitrogens with one attached hydrogen (secondary N) is 1. The molecule has 1 atom stereocenters. The quantitative estimate of drug-likeness (QED) is 0.788. The first-order valence-electron chi connectivity index (χ1n) is 10.3. The van der Waals surface area contributed by atoms with E-state index in [1.54, 1.807) is 48.5 Å². The highest BCUT2D eigenvalue weighted by Crippen LogP contribution is 2.41. The Morgan fingerprint density at radius 2 is 1.55 bits per heavy atom. The summed E-state index contributed by atoms with van der Waals surface area (Å²) in [7, 11) is 0. The number of benzene rings is 2. The summed E-state index contributed by atoms with van der Waals surface area (Å²) in [5.41, 5.74) is -2.93. The molecule has 1 unspecified atom stereocenters. The Bertz CT molecular complexity index is 986. The van der Waals surface area contributed by atoms with Crippen molar-refractivity contribution in [1.82, 2.24) is 10.2 Å². The van der Waals surface area contributed by atoms with E-state index in [0.717, 1.165) is 24.2 Å². The zero-order chi connectivity index (χ0) is 22.1. The topological polar surface area (TPSA) is 61.8 Å². The van der Waals surface area contributed by atoms with Crippen molar-refractivity contribution in [3.63, 3.8) is 0 Å². The number of alkyl halides is 3. The number of amides is 2. The fourth-order valence-corrected chi connectivity index (χ4v) is 4.16. The van der Waals surface area contributed by atoms with Gasteiger partial charge in [0.1, 0.15) is 5.84 Å². The number of hydrogen-bond donors (Lipinski definition) is 1. The highest BCUT2D eigenvalue weighted by atomic mass is 19.4. The molecule has 5 nitrogen and oxygen atoms in total. The molecule has 1 N–H and O–H groups in total. The van der Waals surface area contributed by atoms with Gasteiger partial charge in [0.05, 0.1) is 0 Å². The van der Waals surface area contributed by atoms with Gasteiger partial charge in [0, 0.05) is 17.2 Å². The first kappa shape index (κ1) is 21.1. The van der Waals surface area contributed by atoms with Gasteiger partial charge in [0.2, 0.25) is 0 Å². The van der Waals surface area contributed by atoms with Crippen LogP contribution in [-0.2, 0) is 4.79 Å². The lowest BCUT2D eigenvalue weighted by atomic mass is 9.93. The summed E-state index contributed by atoms with van der Waals surface area (Å²) in [6.07, 6.45) is -1.29. The van der Waals surface area contributed by atoms with Gasteiger partial charge in [-0.05, 0) is 25.0 Å². The van der Waals surface area contributed by atoms with Crippen molar-refractivity contribution in [3.8, 4) is 0 Å². The maximum absolute atomic E-state index is 14.4. The number of aliphatic imine (C=N–C) groups is 1. The van der Waals surface area contributed by atoms with E-state index in [0.29, 0.717) is 18.4 Å². The standard InChI is InChI=1S/C23H22F3N3O2/c24-23(25,26)22(28-20(30)17-12-6-2-7-13-17)21(31)29(18-14-8-3-9-15-18)19(27-22)16-10-4-1-5-11-16/h1-2,4-7,10-13,18H,3,8-9,14-15H2,(H,28,30). The second-order valence-corrected chi connectivity index (χ2v) is 7.80. The molecule has 1 fully saturated rings. The second kappa shape index (κ2) is 8.17. The molecule has 0 bridgehead atoms. The molecule has 2 aliphatic rings. The minimum absolute atomic E-state index is 0.0199. The Morgan fingerprint density at radius 3 is 2.13 bits per heavy atom. The molecule has 2 amide bonds. The number of carbonyl (C=O) groups excluding carboxylic acids is 2. The molecule has 2 aromatic rings. The fraction of sp³-hybridized carbons (Fsp3) is 0.348. The molecule has 4 rings (SSSR count). The highest BCUT2D eigenvalue weighted by Gasteiger charge is 2.67. The minimum atomic E-state index is -5.11. The van der Waals surface area contributed by atoms with Crippen LogP contribution in [-0.4, -0.2) is 40.4 Å². The summed E-state index contributed by atoms with van der Waals surface area (Å²) >= 11 is 0. The maximum atomic E-state index is 14.4. The van der Waals surface area contributed by atoms with Crippen molar-refractivity contribution in [1.29, 1.82) is 0 Å². The number of hydrogen-bond acceptors (Lipinski definition) is 3. The van der Waals surface area contributed by atoms with E-state index in [4.69, 9.17) is 0 Å².